The lowest BCUT2D eigenvalue weighted by atomic mass is 10.1. The van der Waals surface area contributed by atoms with E-state index in [2.05, 4.69) is 5.32 Å². The summed E-state index contributed by atoms with van der Waals surface area (Å²) in [6, 6.07) is 13.7. The molecule has 0 aliphatic carbocycles. The maximum absolute atomic E-state index is 12.3. The molecular weight excluding hydrogens is 384 g/mol. The summed E-state index contributed by atoms with van der Waals surface area (Å²) in [6.45, 7) is -0.240. The molecule has 0 unspecified atom stereocenters. The van der Waals surface area contributed by atoms with Gasteiger partial charge in [0, 0.05) is 35.4 Å². The number of hydrogen-bond acceptors (Lipinski definition) is 5. The molecule has 1 saturated heterocycles. The Labute approximate surface area is 167 Å². The maximum atomic E-state index is 12.3. The molecule has 1 atom stereocenters. The molecule has 7 nitrogen and oxygen atoms in total. The van der Waals surface area contributed by atoms with Crippen molar-refractivity contribution in [3.63, 3.8) is 0 Å². The number of esters is 1. The van der Waals surface area contributed by atoms with Gasteiger partial charge in [0.2, 0.25) is 5.91 Å². The van der Waals surface area contributed by atoms with Crippen LogP contribution in [0.1, 0.15) is 6.42 Å². The van der Waals surface area contributed by atoms with Crippen LogP contribution >= 0.6 is 11.6 Å². The number of hydrogen-bond donors (Lipinski definition) is 1. The Morgan fingerprint density at radius 3 is 2.75 bits per heavy atom. The summed E-state index contributed by atoms with van der Waals surface area (Å²) in [5.41, 5.74) is 1.16. The zero-order valence-corrected chi connectivity index (χ0v) is 15.9. The van der Waals surface area contributed by atoms with Crippen LogP contribution in [0.4, 0.5) is 11.4 Å². The monoisotopic (exact) mass is 402 g/mol. The fourth-order valence-electron chi connectivity index (χ4n) is 2.91. The van der Waals surface area contributed by atoms with Gasteiger partial charge in [0.25, 0.3) is 5.91 Å². The summed E-state index contributed by atoms with van der Waals surface area (Å²) in [5.74, 6) is -1.25. The molecule has 0 saturated carbocycles. The van der Waals surface area contributed by atoms with E-state index in [1.54, 1.807) is 55.6 Å². The Bertz CT molecular complexity index is 902. The third-order valence-electron chi connectivity index (χ3n) is 4.28. The Morgan fingerprint density at radius 2 is 2.00 bits per heavy atom. The molecule has 8 heteroatoms. The molecule has 146 valence electrons. The van der Waals surface area contributed by atoms with Crippen LogP contribution in [0.15, 0.2) is 48.5 Å². The van der Waals surface area contributed by atoms with Gasteiger partial charge in [0.05, 0.1) is 13.0 Å². The van der Waals surface area contributed by atoms with Crippen LogP contribution in [-0.2, 0) is 19.1 Å². The highest BCUT2D eigenvalue weighted by Gasteiger charge is 2.36. The average Bonchev–Trinajstić information content (AvgIpc) is 3.08. The Balaban J connectivity index is 1.53. The van der Waals surface area contributed by atoms with Gasteiger partial charge in [0.1, 0.15) is 5.75 Å². The Hall–Kier alpha value is -3.06. The molecule has 28 heavy (non-hydrogen) atoms. The van der Waals surface area contributed by atoms with Crippen molar-refractivity contribution in [1.82, 2.24) is 0 Å². The molecule has 1 fully saturated rings. The van der Waals surface area contributed by atoms with E-state index in [1.807, 2.05) is 0 Å². The van der Waals surface area contributed by atoms with Crippen molar-refractivity contribution in [2.24, 2.45) is 5.92 Å². The van der Waals surface area contributed by atoms with Crippen LogP contribution in [0.2, 0.25) is 5.02 Å². The standard InChI is InChI=1S/C20H19ClN2O5/c1-27-17-7-3-6-16(10-17)23-11-13(8-19(23)25)20(26)28-12-18(24)22-15-5-2-4-14(21)9-15/h2-7,9-10,13H,8,11-12H2,1H3,(H,22,24)/t13-/m0/s1. The lowest BCUT2D eigenvalue weighted by Crippen LogP contribution is -2.28. The van der Waals surface area contributed by atoms with E-state index < -0.39 is 24.4 Å². The minimum Gasteiger partial charge on any atom is -0.497 e. The number of ether oxygens (including phenoxy) is 2. The molecule has 0 spiro atoms. The molecule has 1 aliphatic heterocycles. The Kier molecular flexibility index (Phi) is 6.16. The van der Waals surface area contributed by atoms with Crippen LogP contribution in [0, 0.1) is 5.92 Å². The minimum absolute atomic E-state index is 0.0337. The fraction of sp³-hybridized carbons (Fsp3) is 0.250. The van der Waals surface area contributed by atoms with Crippen molar-refractivity contribution < 1.29 is 23.9 Å². The molecule has 3 rings (SSSR count). The number of carbonyl (C=O) groups is 3. The number of methoxy groups -OCH3 is 1. The second-order valence-electron chi connectivity index (χ2n) is 6.27. The van der Waals surface area contributed by atoms with Gasteiger partial charge in [-0.25, -0.2) is 0 Å². The largest absolute Gasteiger partial charge is 0.497 e. The van der Waals surface area contributed by atoms with E-state index in [9.17, 15) is 14.4 Å². The predicted molar refractivity (Wildman–Crippen MR) is 104 cm³/mol. The number of halogens is 1. The van der Waals surface area contributed by atoms with E-state index in [-0.39, 0.29) is 18.9 Å². The van der Waals surface area contributed by atoms with Crippen molar-refractivity contribution in [3.05, 3.63) is 53.6 Å². The number of nitrogens with one attached hydrogen (secondary N) is 1. The van der Waals surface area contributed by atoms with Crippen LogP contribution in [0.3, 0.4) is 0 Å². The fourth-order valence-corrected chi connectivity index (χ4v) is 3.10. The van der Waals surface area contributed by atoms with Gasteiger partial charge in [-0.05, 0) is 30.3 Å². The third-order valence-corrected chi connectivity index (χ3v) is 4.51. The van der Waals surface area contributed by atoms with Gasteiger partial charge >= 0.3 is 5.97 Å². The molecule has 0 aromatic heterocycles. The van der Waals surface area contributed by atoms with Crippen LogP contribution < -0.4 is 15.0 Å². The van der Waals surface area contributed by atoms with Crippen molar-refractivity contribution in [1.29, 1.82) is 0 Å². The van der Waals surface area contributed by atoms with Crippen molar-refractivity contribution in [3.8, 4) is 5.75 Å². The molecule has 0 bridgehead atoms. The summed E-state index contributed by atoms with van der Waals surface area (Å²) in [6.07, 6.45) is 0.0337. The minimum atomic E-state index is -0.627. The highest BCUT2D eigenvalue weighted by Crippen LogP contribution is 2.28. The van der Waals surface area contributed by atoms with Crippen LogP contribution in [0.5, 0.6) is 5.75 Å². The summed E-state index contributed by atoms with van der Waals surface area (Å²) in [7, 11) is 1.54. The third kappa shape index (κ3) is 4.80. The summed E-state index contributed by atoms with van der Waals surface area (Å²) in [5, 5.41) is 3.08. The molecule has 1 N–H and O–H groups in total. The first kappa shape index (κ1) is 19.7. The second kappa shape index (κ2) is 8.75. The van der Waals surface area contributed by atoms with Gasteiger partial charge in [-0.3, -0.25) is 14.4 Å². The number of rotatable bonds is 6. The van der Waals surface area contributed by atoms with Crippen molar-refractivity contribution in [2.45, 2.75) is 6.42 Å². The number of anilines is 2. The average molecular weight is 403 g/mol. The number of amides is 2. The van der Waals surface area contributed by atoms with E-state index in [0.29, 0.717) is 22.1 Å². The van der Waals surface area contributed by atoms with Crippen molar-refractivity contribution in [2.75, 3.05) is 30.5 Å². The maximum Gasteiger partial charge on any atom is 0.311 e. The SMILES string of the molecule is COc1cccc(N2C[C@@H](C(=O)OCC(=O)Nc3cccc(Cl)c3)CC2=O)c1. The first-order valence-electron chi connectivity index (χ1n) is 8.62. The van der Waals surface area contributed by atoms with E-state index in [1.165, 1.54) is 4.90 Å². The highest BCUT2D eigenvalue weighted by molar-refractivity contribution is 6.30. The molecule has 0 radical (unpaired) electrons. The van der Waals surface area contributed by atoms with Crippen LogP contribution in [0.25, 0.3) is 0 Å². The lowest BCUT2D eigenvalue weighted by Gasteiger charge is -2.17. The number of benzene rings is 2. The van der Waals surface area contributed by atoms with Gasteiger partial charge < -0.3 is 19.7 Å². The number of carbonyl (C=O) groups excluding carboxylic acids is 3. The van der Waals surface area contributed by atoms with E-state index in [0.717, 1.165) is 0 Å². The zero-order chi connectivity index (χ0) is 20.1. The quantitative estimate of drug-likeness (QED) is 0.751. The normalized spacial score (nSPS) is 16.0. The highest BCUT2D eigenvalue weighted by atomic mass is 35.5. The first-order valence-corrected chi connectivity index (χ1v) is 9.00. The van der Waals surface area contributed by atoms with E-state index >= 15 is 0 Å². The summed E-state index contributed by atoms with van der Waals surface area (Å²) < 4.78 is 10.2. The lowest BCUT2D eigenvalue weighted by molar-refractivity contribution is -0.151. The van der Waals surface area contributed by atoms with Gasteiger partial charge in [-0.15, -0.1) is 0 Å². The zero-order valence-electron chi connectivity index (χ0n) is 15.2. The van der Waals surface area contributed by atoms with Crippen LogP contribution in [-0.4, -0.2) is 38.0 Å². The Morgan fingerprint density at radius 1 is 1.21 bits per heavy atom. The molecule has 2 aromatic rings. The molecule has 1 heterocycles. The predicted octanol–water partition coefficient (Wildman–Crippen LogP) is 2.88. The second-order valence-corrected chi connectivity index (χ2v) is 6.71. The molecule has 1 aliphatic rings. The number of nitrogens with zero attached hydrogens (tertiary/aromatic N) is 1. The summed E-state index contributed by atoms with van der Waals surface area (Å²) in [4.78, 5) is 38.0. The smallest absolute Gasteiger partial charge is 0.311 e. The van der Waals surface area contributed by atoms with E-state index in [4.69, 9.17) is 21.1 Å². The molecule has 2 aromatic carbocycles. The molecular formula is C20H19ClN2O5. The van der Waals surface area contributed by atoms with Gasteiger partial charge in [-0.2, -0.15) is 0 Å². The van der Waals surface area contributed by atoms with Crippen molar-refractivity contribution >= 4 is 40.8 Å². The van der Waals surface area contributed by atoms with Gasteiger partial charge in [-0.1, -0.05) is 23.7 Å². The topological polar surface area (TPSA) is 84.9 Å². The first-order chi connectivity index (χ1) is 13.5. The van der Waals surface area contributed by atoms with Gasteiger partial charge in [0.15, 0.2) is 6.61 Å². The molecule has 2 amide bonds. The summed E-state index contributed by atoms with van der Waals surface area (Å²) >= 11 is 5.86.